The molecule has 6 nitrogen and oxygen atoms in total. The van der Waals surface area contributed by atoms with Gasteiger partial charge in [-0.25, -0.2) is 15.0 Å². The van der Waals surface area contributed by atoms with E-state index in [1.54, 1.807) is 12.4 Å². The highest BCUT2D eigenvalue weighted by Crippen LogP contribution is 2.12. The van der Waals surface area contributed by atoms with Crippen LogP contribution in [0.2, 0.25) is 0 Å². The zero-order valence-corrected chi connectivity index (χ0v) is 9.42. The normalized spacial score (nSPS) is 12.1. The summed E-state index contributed by atoms with van der Waals surface area (Å²) in [5.74, 6) is 0.548. The molecule has 0 radical (unpaired) electrons. The Morgan fingerprint density at radius 1 is 1.47 bits per heavy atom. The highest BCUT2D eigenvalue weighted by molar-refractivity contribution is 5.93. The van der Waals surface area contributed by atoms with Crippen molar-refractivity contribution in [3.05, 3.63) is 42.5 Å². The number of hydrogen-bond acceptors (Lipinski definition) is 4. The Bertz CT molecular complexity index is 468. The van der Waals surface area contributed by atoms with Crippen LogP contribution in [-0.2, 0) is 0 Å². The predicted octanol–water partition coefficient (Wildman–Crippen LogP) is 1.08. The second-order valence-electron chi connectivity index (χ2n) is 3.54. The molecule has 0 spiro atoms. The summed E-state index contributed by atoms with van der Waals surface area (Å²) in [7, 11) is 0. The van der Waals surface area contributed by atoms with E-state index >= 15 is 0 Å². The van der Waals surface area contributed by atoms with E-state index in [9.17, 15) is 4.79 Å². The predicted molar refractivity (Wildman–Crippen MR) is 61.1 cm³/mol. The lowest BCUT2D eigenvalue weighted by Crippen LogP contribution is -2.29. The smallest absolute Gasteiger partial charge is 0.255 e. The van der Waals surface area contributed by atoms with E-state index < -0.39 is 0 Å². The number of carbonyl (C=O) groups is 1. The zero-order chi connectivity index (χ0) is 12.1. The number of aromatic amines is 1. The fraction of sp³-hybridized carbons (Fsp3) is 0.273. The first-order valence-electron chi connectivity index (χ1n) is 5.36. The molecule has 2 aromatic rings. The number of amides is 1. The first-order chi connectivity index (χ1) is 8.31. The first-order valence-corrected chi connectivity index (χ1v) is 5.36. The summed E-state index contributed by atoms with van der Waals surface area (Å²) in [6, 6.07) is -0.127. The van der Waals surface area contributed by atoms with Crippen molar-refractivity contribution in [2.24, 2.45) is 0 Å². The molecular weight excluding hydrogens is 218 g/mol. The van der Waals surface area contributed by atoms with E-state index in [2.05, 4.69) is 25.3 Å². The fourth-order valence-electron chi connectivity index (χ4n) is 1.49. The van der Waals surface area contributed by atoms with Crippen LogP contribution in [0.25, 0.3) is 0 Å². The molecule has 0 saturated heterocycles. The van der Waals surface area contributed by atoms with Gasteiger partial charge >= 0.3 is 0 Å². The fourth-order valence-corrected chi connectivity index (χ4v) is 1.49. The lowest BCUT2D eigenvalue weighted by atomic mass is 10.2. The second kappa shape index (κ2) is 5.20. The maximum absolute atomic E-state index is 11.9. The molecule has 0 aliphatic heterocycles. The van der Waals surface area contributed by atoms with Crippen molar-refractivity contribution in [3.63, 3.8) is 0 Å². The average Bonchev–Trinajstić information content (AvgIpc) is 2.90. The number of nitrogens with zero attached hydrogens (tertiary/aromatic N) is 3. The number of hydrogen-bond donors (Lipinski definition) is 2. The first kappa shape index (κ1) is 11.3. The van der Waals surface area contributed by atoms with Crippen molar-refractivity contribution in [1.82, 2.24) is 25.3 Å². The van der Waals surface area contributed by atoms with Gasteiger partial charge in [0, 0.05) is 24.8 Å². The Labute approximate surface area is 98.5 Å². The molecule has 0 bridgehead atoms. The van der Waals surface area contributed by atoms with Crippen molar-refractivity contribution in [3.8, 4) is 0 Å². The number of imidazole rings is 1. The number of carbonyl (C=O) groups excluding carboxylic acids is 1. The van der Waals surface area contributed by atoms with Gasteiger partial charge in [-0.05, 0) is 6.42 Å². The standard InChI is InChI=1S/C11H13N5O/c1-2-9(10-14-3-4-15-10)16-11(17)8-5-12-7-13-6-8/h3-7,9H,2H2,1H3,(H,14,15)(H,16,17). The summed E-state index contributed by atoms with van der Waals surface area (Å²) >= 11 is 0. The van der Waals surface area contributed by atoms with E-state index in [1.165, 1.54) is 18.7 Å². The Balaban J connectivity index is 2.08. The van der Waals surface area contributed by atoms with Crippen LogP contribution < -0.4 is 5.32 Å². The van der Waals surface area contributed by atoms with E-state index in [4.69, 9.17) is 0 Å². The van der Waals surface area contributed by atoms with Gasteiger partial charge < -0.3 is 10.3 Å². The number of nitrogens with one attached hydrogen (secondary N) is 2. The minimum atomic E-state index is -0.200. The zero-order valence-electron chi connectivity index (χ0n) is 9.42. The number of aromatic nitrogens is 4. The third-order valence-electron chi connectivity index (χ3n) is 2.39. The van der Waals surface area contributed by atoms with Crippen molar-refractivity contribution in [2.75, 3.05) is 0 Å². The molecule has 1 amide bonds. The molecule has 0 saturated carbocycles. The van der Waals surface area contributed by atoms with Crippen LogP contribution in [0.15, 0.2) is 31.1 Å². The number of H-pyrrole nitrogens is 1. The molecule has 17 heavy (non-hydrogen) atoms. The second-order valence-corrected chi connectivity index (χ2v) is 3.54. The molecule has 0 fully saturated rings. The maximum Gasteiger partial charge on any atom is 0.255 e. The molecule has 2 rings (SSSR count). The van der Waals surface area contributed by atoms with E-state index in [0.717, 1.165) is 12.2 Å². The monoisotopic (exact) mass is 231 g/mol. The van der Waals surface area contributed by atoms with E-state index in [-0.39, 0.29) is 11.9 Å². The maximum atomic E-state index is 11.9. The summed E-state index contributed by atoms with van der Waals surface area (Å²) in [6.07, 6.45) is 8.51. The van der Waals surface area contributed by atoms with Crippen LogP contribution in [0.1, 0.15) is 35.6 Å². The molecule has 2 heterocycles. The highest BCUT2D eigenvalue weighted by Gasteiger charge is 2.15. The third-order valence-corrected chi connectivity index (χ3v) is 2.39. The largest absolute Gasteiger partial charge is 0.347 e. The molecular formula is C11H13N5O. The van der Waals surface area contributed by atoms with Crippen LogP contribution >= 0.6 is 0 Å². The van der Waals surface area contributed by atoms with Gasteiger partial charge in [-0.3, -0.25) is 4.79 Å². The molecule has 2 aromatic heterocycles. The molecule has 0 aliphatic carbocycles. The summed E-state index contributed by atoms with van der Waals surface area (Å²) in [4.78, 5) is 26.6. The molecule has 0 aromatic carbocycles. The molecule has 0 aliphatic rings. The summed E-state index contributed by atoms with van der Waals surface area (Å²) < 4.78 is 0. The van der Waals surface area contributed by atoms with Gasteiger partial charge in [0.1, 0.15) is 12.2 Å². The van der Waals surface area contributed by atoms with Crippen LogP contribution in [0.3, 0.4) is 0 Å². The molecule has 88 valence electrons. The van der Waals surface area contributed by atoms with Gasteiger partial charge in [-0.2, -0.15) is 0 Å². The van der Waals surface area contributed by atoms with Crippen LogP contribution in [-0.4, -0.2) is 25.8 Å². The van der Waals surface area contributed by atoms with Gasteiger partial charge in [-0.15, -0.1) is 0 Å². The SMILES string of the molecule is CCC(NC(=O)c1cncnc1)c1ncc[nH]1. The van der Waals surface area contributed by atoms with Crippen LogP contribution in [0.4, 0.5) is 0 Å². The third kappa shape index (κ3) is 2.66. The minimum absolute atomic E-state index is 0.127. The molecule has 1 unspecified atom stereocenters. The van der Waals surface area contributed by atoms with E-state index in [1.807, 2.05) is 6.92 Å². The Kier molecular flexibility index (Phi) is 3.44. The van der Waals surface area contributed by atoms with Crippen LogP contribution in [0.5, 0.6) is 0 Å². The summed E-state index contributed by atoms with van der Waals surface area (Å²) in [5.41, 5.74) is 0.442. The highest BCUT2D eigenvalue weighted by atomic mass is 16.1. The topological polar surface area (TPSA) is 83.6 Å². The average molecular weight is 231 g/mol. The number of rotatable bonds is 4. The van der Waals surface area contributed by atoms with Gasteiger partial charge in [0.05, 0.1) is 11.6 Å². The minimum Gasteiger partial charge on any atom is -0.347 e. The Morgan fingerprint density at radius 2 is 2.24 bits per heavy atom. The lowest BCUT2D eigenvalue weighted by molar-refractivity contribution is 0.0933. The van der Waals surface area contributed by atoms with Crippen molar-refractivity contribution in [2.45, 2.75) is 19.4 Å². The Morgan fingerprint density at radius 3 is 2.82 bits per heavy atom. The molecule has 1 atom stereocenters. The van der Waals surface area contributed by atoms with Crippen LogP contribution in [0, 0.1) is 0 Å². The van der Waals surface area contributed by atoms with Gasteiger partial charge in [0.25, 0.3) is 5.91 Å². The van der Waals surface area contributed by atoms with E-state index in [0.29, 0.717) is 5.56 Å². The van der Waals surface area contributed by atoms with Gasteiger partial charge in [0.15, 0.2) is 0 Å². The summed E-state index contributed by atoms with van der Waals surface area (Å²) in [6.45, 7) is 1.98. The van der Waals surface area contributed by atoms with Gasteiger partial charge in [-0.1, -0.05) is 6.92 Å². The van der Waals surface area contributed by atoms with Crippen molar-refractivity contribution < 1.29 is 4.79 Å². The molecule has 2 N–H and O–H groups in total. The Hall–Kier alpha value is -2.24. The van der Waals surface area contributed by atoms with Crippen molar-refractivity contribution in [1.29, 1.82) is 0 Å². The van der Waals surface area contributed by atoms with Crippen molar-refractivity contribution >= 4 is 5.91 Å². The molecule has 6 heteroatoms. The van der Waals surface area contributed by atoms with Gasteiger partial charge in [0.2, 0.25) is 0 Å². The quantitative estimate of drug-likeness (QED) is 0.824. The summed E-state index contributed by atoms with van der Waals surface area (Å²) in [5, 5.41) is 2.87. The lowest BCUT2D eigenvalue weighted by Gasteiger charge is -2.14.